The Morgan fingerprint density at radius 1 is 0.833 bits per heavy atom. The van der Waals surface area contributed by atoms with Crippen molar-refractivity contribution in [3.63, 3.8) is 0 Å². The fourth-order valence-electron chi connectivity index (χ4n) is 7.46. The Bertz CT molecular complexity index is 1910. The Kier molecular flexibility index (Phi) is 16.7. The maximum atomic E-state index is 14.6. The molecule has 2 atom stereocenters. The number of ether oxygens (including phenoxy) is 5. The van der Waals surface area contributed by atoms with Crippen LogP contribution in [0.3, 0.4) is 0 Å². The zero-order chi connectivity index (χ0) is 43.4. The van der Waals surface area contributed by atoms with Crippen molar-refractivity contribution in [2.75, 3.05) is 72.9 Å². The first-order valence-electron chi connectivity index (χ1n) is 20.9. The summed E-state index contributed by atoms with van der Waals surface area (Å²) in [4.78, 5) is 59.1. The molecule has 4 amide bonds. The number of halogens is 2. The van der Waals surface area contributed by atoms with Gasteiger partial charge in [0.15, 0.2) is 23.1 Å². The average Bonchev–Trinajstić information content (AvgIpc) is 3.49. The minimum atomic E-state index is -1.07. The molecule has 2 aromatic carbocycles. The third kappa shape index (κ3) is 12.4. The molecule has 3 aromatic rings. The Morgan fingerprint density at radius 3 is 2.05 bits per heavy atom. The molecule has 330 valence electrons. The highest BCUT2D eigenvalue weighted by atomic mass is 19.2. The highest BCUT2D eigenvalue weighted by molar-refractivity contribution is 6.04. The summed E-state index contributed by atoms with van der Waals surface area (Å²) < 4.78 is 58.9. The molecule has 1 saturated carbocycles. The van der Waals surface area contributed by atoms with Gasteiger partial charge in [-0.3, -0.25) is 19.3 Å². The molecule has 2 fully saturated rings. The van der Waals surface area contributed by atoms with Gasteiger partial charge in [-0.1, -0.05) is 49.6 Å². The molecule has 1 aliphatic heterocycles. The number of likely N-dealkylation sites (N-methyl/N-ethyl adjacent to an activating group) is 1. The van der Waals surface area contributed by atoms with E-state index in [0.29, 0.717) is 33.0 Å². The van der Waals surface area contributed by atoms with Crippen LogP contribution in [0.5, 0.6) is 5.75 Å². The summed E-state index contributed by atoms with van der Waals surface area (Å²) >= 11 is 0. The molecule has 14 nitrogen and oxygen atoms in total. The number of benzene rings is 2. The first kappa shape index (κ1) is 46.3. The number of hydrogen-bond donors (Lipinski definition) is 1. The third-order valence-electron chi connectivity index (χ3n) is 10.9. The lowest BCUT2D eigenvalue weighted by atomic mass is 9.83. The minimum absolute atomic E-state index is 0.0291. The zero-order valence-corrected chi connectivity index (χ0v) is 35.8. The number of rotatable bonds is 18. The van der Waals surface area contributed by atoms with Gasteiger partial charge in [0.25, 0.3) is 5.91 Å². The third-order valence-corrected chi connectivity index (χ3v) is 10.9. The van der Waals surface area contributed by atoms with Crippen LogP contribution in [0.4, 0.5) is 13.6 Å². The lowest BCUT2D eigenvalue weighted by Crippen LogP contribution is -2.59. The molecule has 1 aromatic heterocycles. The Labute approximate surface area is 351 Å². The first-order valence-corrected chi connectivity index (χ1v) is 20.9. The second-order valence-corrected chi connectivity index (χ2v) is 16.4. The van der Waals surface area contributed by atoms with Gasteiger partial charge < -0.3 is 43.4 Å². The van der Waals surface area contributed by atoms with Gasteiger partial charge in [0.05, 0.1) is 45.2 Å². The summed E-state index contributed by atoms with van der Waals surface area (Å²) in [5.41, 5.74) is 0.737. The summed E-state index contributed by atoms with van der Waals surface area (Å²) in [6, 6.07) is 10.2. The number of aryl methyl sites for hydroxylation is 1. The zero-order valence-electron chi connectivity index (χ0n) is 35.8. The van der Waals surface area contributed by atoms with Crippen molar-refractivity contribution >= 4 is 34.7 Å². The number of piperazine rings is 1. The SMILES string of the molecule is CC(C(=O)NC(C(=O)N1CCN(C(=O)c2c(OCCOCCOCCOCc3ccccc3)c3cc(F)c(F)cc3n2C)CC1)C1CCCCC1)N(C)C(=O)OC(C)(C)C. The quantitative estimate of drug-likeness (QED) is 0.160. The molecule has 2 unspecified atom stereocenters. The van der Waals surface area contributed by atoms with Gasteiger partial charge in [0.1, 0.15) is 24.3 Å². The highest BCUT2D eigenvalue weighted by Gasteiger charge is 2.38. The van der Waals surface area contributed by atoms with E-state index in [1.54, 1.807) is 44.5 Å². The van der Waals surface area contributed by atoms with E-state index < -0.39 is 47.2 Å². The van der Waals surface area contributed by atoms with Crippen molar-refractivity contribution in [2.45, 2.75) is 84.1 Å². The van der Waals surface area contributed by atoms with Crippen LogP contribution >= 0.6 is 0 Å². The summed E-state index contributed by atoms with van der Waals surface area (Å²) in [6.07, 6.45) is 3.84. The fourth-order valence-corrected chi connectivity index (χ4v) is 7.46. The maximum absolute atomic E-state index is 14.6. The molecular weight excluding hydrogens is 781 g/mol. The highest BCUT2D eigenvalue weighted by Crippen LogP contribution is 2.35. The lowest BCUT2D eigenvalue weighted by molar-refractivity contribution is -0.140. The van der Waals surface area contributed by atoms with Gasteiger partial charge in [-0.05, 0) is 58.1 Å². The van der Waals surface area contributed by atoms with Crippen molar-refractivity contribution in [3.8, 4) is 5.75 Å². The van der Waals surface area contributed by atoms with Gasteiger partial charge in [0.2, 0.25) is 11.8 Å². The van der Waals surface area contributed by atoms with Crippen LogP contribution < -0.4 is 10.1 Å². The van der Waals surface area contributed by atoms with Crippen LogP contribution in [0.15, 0.2) is 42.5 Å². The van der Waals surface area contributed by atoms with E-state index in [4.69, 9.17) is 23.7 Å². The molecule has 1 saturated heterocycles. The molecule has 1 N–H and O–H groups in total. The van der Waals surface area contributed by atoms with Crippen molar-refractivity contribution in [2.24, 2.45) is 13.0 Å². The predicted molar refractivity (Wildman–Crippen MR) is 221 cm³/mol. The van der Waals surface area contributed by atoms with Crippen molar-refractivity contribution in [1.29, 1.82) is 0 Å². The van der Waals surface area contributed by atoms with Crippen LogP contribution in [0, 0.1) is 17.6 Å². The van der Waals surface area contributed by atoms with Crippen LogP contribution in [0.2, 0.25) is 0 Å². The van der Waals surface area contributed by atoms with Crippen LogP contribution in [-0.4, -0.2) is 134 Å². The number of amides is 4. The molecule has 60 heavy (non-hydrogen) atoms. The number of nitrogens with zero attached hydrogens (tertiary/aromatic N) is 4. The van der Waals surface area contributed by atoms with Crippen molar-refractivity contribution in [1.82, 2.24) is 24.6 Å². The van der Waals surface area contributed by atoms with Crippen LogP contribution in [-0.2, 0) is 42.2 Å². The first-order chi connectivity index (χ1) is 28.7. The molecule has 16 heteroatoms. The van der Waals surface area contributed by atoms with Gasteiger partial charge in [-0.15, -0.1) is 0 Å². The summed E-state index contributed by atoms with van der Waals surface area (Å²) in [7, 11) is 3.08. The molecule has 0 spiro atoms. The van der Waals surface area contributed by atoms with Gasteiger partial charge in [-0.2, -0.15) is 0 Å². The predicted octanol–water partition coefficient (Wildman–Crippen LogP) is 5.69. The van der Waals surface area contributed by atoms with Crippen LogP contribution in [0.25, 0.3) is 10.9 Å². The van der Waals surface area contributed by atoms with E-state index in [0.717, 1.165) is 49.8 Å². The Morgan fingerprint density at radius 2 is 1.42 bits per heavy atom. The molecule has 2 aliphatic rings. The number of fused-ring (bicyclic) bond motifs is 1. The maximum Gasteiger partial charge on any atom is 0.410 e. The standard InChI is InChI=1S/C44H61F2N5O9/c1-30(48(5)43(55)60-44(2,3)4)40(52)47-37(32-15-11-8-12-16-32)41(53)50-17-19-51(20-18-50)42(54)38-39(33-27-34(45)35(46)28-36(33)49(38)6)59-26-25-57-22-21-56-23-24-58-29-31-13-9-7-10-14-31/h7,9-10,13-14,27-28,30,32,37H,8,11-12,15-26,29H2,1-6H3,(H,47,52). The molecular formula is C44H61F2N5O9. The fraction of sp³-hybridized carbons (Fsp3) is 0.591. The summed E-state index contributed by atoms with van der Waals surface area (Å²) in [5, 5.41) is 3.21. The summed E-state index contributed by atoms with van der Waals surface area (Å²) in [5.74, 6) is -3.22. The van der Waals surface area contributed by atoms with Gasteiger partial charge >= 0.3 is 6.09 Å². The molecule has 5 rings (SSSR count). The van der Waals surface area contributed by atoms with Crippen molar-refractivity contribution < 1.29 is 51.6 Å². The van der Waals surface area contributed by atoms with E-state index in [1.165, 1.54) is 16.5 Å². The number of hydrogen-bond acceptors (Lipinski definition) is 9. The van der Waals surface area contributed by atoms with Gasteiger partial charge in [-0.25, -0.2) is 13.6 Å². The lowest BCUT2D eigenvalue weighted by Gasteiger charge is -2.39. The second-order valence-electron chi connectivity index (χ2n) is 16.4. The van der Waals surface area contributed by atoms with E-state index in [1.807, 2.05) is 30.3 Å². The number of carbonyl (C=O) groups is 4. The van der Waals surface area contributed by atoms with Crippen molar-refractivity contribution in [3.05, 3.63) is 65.4 Å². The number of carbonyl (C=O) groups excluding carboxylic acids is 4. The van der Waals surface area contributed by atoms with E-state index in [-0.39, 0.29) is 73.6 Å². The second kappa shape index (κ2) is 21.6. The van der Waals surface area contributed by atoms with E-state index in [2.05, 4.69) is 5.32 Å². The Hall–Kier alpha value is -4.80. The summed E-state index contributed by atoms with van der Waals surface area (Å²) in [6.45, 7) is 9.75. The number of nitrogens with one attached hydrogen (secondary N) is 1. The molecule has 0 radical (unpaired) electrons. The normalized spacial score (nSPS) is 16.1. The van der Waals surface area contributed by atoms with Crippen LogP contribution in [0.1, 0.15) is 75.9 Å². The molecule has 2 heterocycles. The number of aromatic nitrogens is 1. The average molecular weight is 842 g/mol. The monoisotopic (exact) mass is 841 g/mol. The molecule has 0 bridgehead atoms. The largest absolute Gasteiger partial charge is 0.488 e. The van der Waals surface area contributed by atoms with E-state index in [9.17, 15) is 28.0 Å². The topological polar surface area (TPSA) is 141 Å². The minimum Gasteiger partial charge on any atom is -0.488 e. The smallest absolute Gasteiger partial charge is 0.410 e. The van der Waals surface area contributed by atoms with E-state index >= 15 is 0 Å². The Balaban J connectivity index is 1.17. The van der Waals surface area contributed by atoms with Gasteiger partial charge in [0, 0.05) is 51.7 Å². The molecule has 1 aliphatic carbocycles.